The van der Waals surface area contributed by atoms with E-state index in [-0.39, 0.29) is 5.91 Å². The summed E-state index contributed by atoms with van der Waals surface area (Å²) < 4.78 is 6.40. The van der Waals surface area contributed by atoms with Crippen molar-refractivity contribution in [2.75, 3.05) is 4.90 Å². The highest BCUT2D eigenvalue weighted by Crippen LogP contribution is 2.40. The van der Waals surface area contributed by atoms with E-state index in [1.54, 1.807) is 4.90 Å². The smallest absolute Gasteiger partial charge is 0.271 e. The minimum Gasteiger partial charge on any atom is -0.488 e. The summed E-state index contributed by atoms with van der Waals surface area (Å²) in [4.78, 5) is 21.4. The number of hydrogen-bond acceptors (Lipinski definition) is 4. The van der Waals surface area contributed by atoms with E-state index >= 15 is 0 Å². The number of benzene rings is 5. The van der Waals surface area contributed by atoms with Gasteiger partial charge in [0.05, 0.1) is 16.3 Å². The highest BCUT2D eigenvalue weighted by atomic mass is 32.2. The van der Waals surface area contributed by atoms with E-state index < -0.39 is 0 Å². The summed E-state index contributed by atoms with van der Waals surface area (Å²) in [6.45, 7) is 6.78. The first-order valence-corrected chi connectivity index (χ1v) is 15.5. The molecule has 0 aromatic heterocycles. The van der Waals surface area contributed by atoms with Gasteiger partial charge in [-0.05, 0) is 95.4 Å². The number of rotatable bonds is 8. The van der Waals surface area contributed by atoms with Gasteiger partial charge in [-0.15, -0.1) is 0 Å². The molecule has 0 saturated carbocycles. The van der Waals surface area contributed by atoms with Crippen molar-refractivity contribution in [1.82, 2.24) is 0 Å². The zero-order valence-electron chi connectivity index (χ0n) is 24.7. The van der Waals surface area contributed by atoms with Gasteiger partial charge in [0.1, 0.15) is 12.4 Å². The van der Waals surface area contributed by atoms with Crippen LogP contribution in [-0.2, 0) is 24.2 Å². The fourth-order valence-corrected chi connectivity index (χ4v) is 6.20. The topological polar surface area (TPSA) is 41.9 Å². The molecule has 1 heterocycles. The summed E-state index contributed by atoms with van der Waals surface area (Å²) in [5, 5.41) is 2.75. The number of nitrogens with zero attached hydrogens (tertiary/aromatic N) is 2. The maximum atomic E-state index is 14.1. The Morgan fingerprint density at radius 2 is 1.51 bits per heavy atom. The molecule has 0 spiro atoms. The molecule has 5 aromatic carbocycles. The maximum Gasteiger partial charge on any atom is 0.271 e. The molecule has 0 bridgehead atoms. The molecule has 6 rings (SSSR count). The molecule has 0 N–H and O–H groups in total. The van der Waals surface area contributed by atoms with Crippen molar-refractivity contribution in [3.63, 3.8) is 0 Å². The Balaban J connectivity index is 1.42. The van der Waals surface area contributed by atoms with E-state index in [2.05, 4.69) is 81.4 Å². The summed E-state index contributed by atoms with van der Waals surface area (Å²) in [6.07, 6.45) is 3.87. The van der Waals surface area contributed by atoms with Crippen LogP contribution >= 0.6 is 11.8 Å². The van der Waals surface area contributed by atoms with Gasteiger partial charge < -0.3 is 4.74 Å². The zero-order chi connectivity index (χ0) is 29.8. The third kappa shape index (κ3) is 6.27. The summed E-state index contributed by atoms with van der Waals surface area (Å²) in [5.74, 6) is 0.635. The summed E-state index contributed by atoms with van der Waals surface area (Å²) in [5.41, 5.74) is 7.27. The average Bonchev–Trinajstić information content (AvgIpc) is 3.34. The zero-order valence-corrected chi connectivity index (χ0v) is 25.5. The lowest BCUT2D eigenvalue weighted by molar-refractivity contribution is -0.113. The van der Waals surface area contributed by atoms with E-state index in [4.69, 9.17) is 9.73 Å². The second kappa shape index (κ2) is 12.7. The number of aliphatic imine (C=N–C) groups is 1. The number of aryl methyl sites for hydroxylation is 3. The maximum absolute atomic E-state index is 14.1. The van der Waals surface area contributed by atoms with E-state index in [1.807, 2.05) is 54.6 Å². The Bertz CT molecular complexity index is 1840. The van der Waals surface area contributed by atoms with Crippen LogP contribution in [0.1, 0.15) is 41.7 Å². The Labute approximate surface area is 257 Å². The molecule has 0 atom stereocenters. The molecule has 0 aliphatic carbocycles. The largest absolute Gasteiger partial charge is 0.488 e. The number of carbonyl (C=O) groups excluding carboxylic acids is 1. The Kier molecular flexibility index (Phi) is 8.43. The molecule has 1 aliphatic rings. The first-order chi connectivity index (χ1) is 21.0. The van der Waals surface area contributed by atoms with Gasteiger partial charge in [-0.25, -0.2) is 4.99 Å². The van der Waals surface area contributed by atoms with Crippen LogP contribution in [0.2, 0.25) is 0 Å². The number of fused-ring (bicyclic) bond motifs is 1. The second-order valence-electron chi connectivity index (χ2n) is 10.7. The minimum atomic E-state index is -0.101. The number of ether oxygens (including phenoxy) is 1. The lowest BCUT2D eigenvalue weighted by Crippen LogP contribution is -2.28. The third-order valence-corrected chi connectivity index (χ3v) is 8.63. The molecule has 1 saturated heterocycles. The van der Waals surface area contributed by atoms with Crippen molar-refractivity contribution in [2.45, 2.75) is 40.2 Å². The van der Waals surface area contributed by atoms with Crippen LogP contribution in [0.5, 0.6) is 5.75 Å². The van der Waals surface area contributed by atoms with E-state index in [0.29, 0.717) is 16.7 Å². The molecule has 43 heavy (non-hydrogen) atoms. The van der Waals surface area contributed by atoms with Gasteiger partial charge in [0.15, 0.2) is 5.17 Å². The summed E-state index contributed by atoms with van der Waals surface area (Å²) in [7, 11) is 0. The Hall–Kier alpha value is -4.61. The van der Waals surface area contributed by atoms with Crippen LogP contribution in [-0.4, -0.2) is 11.1 Å². The molecular formula is C38H34N2O2S. The Morgan fingerprint density at radius 3 is 2.23 bits per heavy atom. The van der Waals surface area contributed by atoms with Gasteiger partial charge in [-0.3, -0.25) is 9.69 Å². The van der Waals surface area contributed by atoms with Crippen LogP contribution in [0.25, 0.3) is 16.8 Å². The summed E-state index contributed by atoms with van der Waals surface area (Å²) >= 11 is 1.40. The molecule has 1 aliphatic heterocycles. The van der Waals surface area contributed by atoms with E-state index in [1.165, 1.54) is 28.5 Å². The fourth-order valence-electron chi connectivity index (χ4n) is 5.22. The lowest BCUT2D eigenvalue weighted by atomic mass is 10.0. The van der Waals surface area contributed by atoms with Crippen molar-refractivity contribution in [2.24, 2.45) is 4.99 Å². The predicted octanol–water partition coefficient (Wildman–Crippen LogP) is 9.66. The van der Waals surface area contributed by atoms with Crippen LogP contribution < -0.4 is 9.64 Å². The van der Waals surface area contributed by atoms with Crippen molar-refractivity contribution in [3.05, 3.63) is 142 Å². The average molecular weight is 583 g/mol. The molecule has 5 aromatic rings. The Morgan fingerprint density at radius 1 is 0.791 bits per heavy atom. The number of amides is 1. The third-order valence-electron chi connectivity index (χ3n) is 7.66. The van der Waals surface area contributed by atoms with E-state index in [0.717, 1.165) is 51.9 Å². The monoisotopic (exact) mass is 582 g/mol. The number of hydrogen-bond donors (Lipinski definition) is 0. The van der Waals surface area contributed by atoms with Gasteiger partial charge in [-0.1, -0.05) is 98.3 Å². The predicted molar refractivity (Wildman–Crippen MR) is 181 cm³/mol. The van der Waals surface area contributed by atoms with Crippen LogP contribution in [0.4, 0.5) is 11.4 Å². The van der Waals surface area contributed by atoms with E-state index in [9.17, 15) is 4.79 Å². The molecule has 4 nitrogen and oxygen atoms in total. The number of carbonyl (C=O) groups is 1. The number of thioether (sulfide) groups is 1. The first kappa shape index (κ1) is 28.5. The molecule has 0 radical (unpaired) electrons. The van der Waals surface area contributed by atoms with Crippen LogP contribution in [0, 0.1) is 6.92 Å². The standard InChI is InChI=1S/C38H34N2O2S/c1-4-27-13-18-31(19-14-27)39-38-40(32-20-15-28(5-2)16-21-32)37(41)36(43-38)24-34-33-12-7-6-11-30(33)17-22-35(34)42-25-29-10-8-9-26(3)23-29/h6-24H,4-5,25H2,1-3H3/b36-24-,39-38?. The molecule has 0 unspecified atom stereocenters. The molecule has 5 heteroatoms. The second-order valence-corrected chi connectivity index (χ2v) is 11.7. The van der Waals surface area contributed by atoms with Crippen molar-refractivity contribution < 1.29 is 9.53 Å². The van der Waals surface area contributed by atoms with Crippen molar-refractivity contribution >= 4 is 51.1 Å². The molecule has 1 fully saturated rings. The molecule has 214 valence electrons. The fraction of sp³-hybridized carbons (Fsp3) is 0.158. The van der Waals surface area contributed by atoms with Gasteiger partial charge >= 0.3 is 0 Å². The first-order valence-electron chi connectivity index (χ1n) is 14.7. The normalized spacial score (nSPS) is 15.1. The van der Waals surface area contributed by atoms with Crippen molar-refractivity contribution in [1.29, 1.82) is 0 Å². The molecule has 1 amide bonds. The van der Waals surface area contributed by atoms with Crippen LogP contribution in [0.15, 0.2) is 119 Å². The highest BCUT2D eigenvalue weighted by molar-refractivity contribution is 8.19. The van der Waals surface area contributed by atoms with Crippen molar-refractivity contribution in [3.8, 4) is 5.75 Å². The van der Waals surface area contributed by atoms with Gasteiger partial charge in [0.2, 0.25) is 0 Å². The highest BCUT2D eigenvalue weighted by Gasteiger charge is 2.35. The van der Waals surface area contributed by atoms with Gasteiger partial charge in [0.25, 0.3) is 5.91 Å². The number of anilines is 1. The SMILES string of the molecule is CCc1ccc(N=C2S/C(=C\c3c(OCc4cccc(C)c4)ccc4ccccc34)C(=O)N2c2ccc(CC)cc2)cc1. The van der Waals surface area contributed by atoms with Gasteiger partial charge in [0, 0.05) is 5.56 Å². The van der Waals surface area contributed by atoms with Crippen LogP contribution in [0.3, 0.4) is 0 Å². The minimum absolute atomic E-state index is 0.101. The number of amidine groups is 1. The quantitative estimate of drug-likeness (QED) is 0.171. The lowest BCUT2D eigenvalue weighted by Gasteiger charge is -2.16. The van der Waals surface area contributed by atoms with Gasteiger partial charge in [-0.2, -0.15) is 0 Å². The summed E-state index contributed by atoms with van der Waals surface area (Å²) in [6, 6.07) is 37.0. The molecular weight excluding hydrogens is 548 g/mol.